The highest BCUT2D eigenvalue weighted by Crippen LogP contribution is 2.26. The molecule has 24 heavy (non-hydrogen) atoms. The monoisotopic (exact) mass is 322 g/mol. The van der Waals surface area contributed by atoms with Gasteiger partial charge in [0, 0.05) is 24.5 Å². The Morgan fingerprint density at radius 2 is 2.04 bits per heavy atom. The standard InChI is InChI=1S/C17H18N6O/c1-13-17-19-16(14-6-3-2-4-7-14)20-23(17)11-10-22(13)15(24)12-21-9-5-8-18-21/h2-9,13H,10-12H2,1H3/t13-/m0/s1. The van der Waals surface area contributed by atoms with Crippen LogP contribution in [-0.2, 0) is 17.9 Å². The molecule has 0 saturated carbocycles. The van der Waals surface area contributed by atoms with E-state index in [0.717, 1.165) is 11.4 Å². The first-order chi connectivity index (χ1) is 11.7. The maximum atomic E-state index is 12.6. The van der Waals surface area contributed by atoms with Gasteiger partial charge in [0.05, 0.1) is 12.6 Å². The van der Waals surface area contributed by atoms with Crippen LogP contribution in [0.3, 0.4) is 0 Å². The highest BCUT2D eigenvalue weighted by molar-refractivity contribution is 5.76. The lowest BCUT2D eigenvalue weighted by molar-refractivity contribution is -0.135. The molecule has 0 radical (unpaired) electrons. The van der Waals surface area contributed by atoms with Crippen LogP contribution in [-0.4, -0.2) is 41.9 Å². The molecule has 1 atom stereocenters. The van der Waals surface area contributed by atoms with Gasteiger partial charge in [-0.1, -0.05) is 30.3 Å². The van der Waals surface area contributed by atoms with E-state index in [4.69, 9.17) is 0 Å². The number of carbonyl (C=O) groups excluding carboxylic acids is 1. The Morgan fingerprint density at radius 1 is 1.21 bits per heavy atom. The van der Waals surface area contributed by atoms with E-state index >= 15 is 0 Å². The minimum atomic E-state index is -0.105. The third-order valence-corrected chi connectivity index (χ3v) is 4.30. The molecular formula is C17H18N6O. The second-order valence-electron chi connectivity index (χ2n) is 5.85. The van der Waals surface area contributed by atoms with E-state index < -0.39 is 0 Å². The topological polar surface area (TPSA) is 68.8 Å². The van der Waals surface area contributed by atoms with Crippen molar-refractivity contribution in [1.29, 1.82) is 0 Å². The number of hydrogen-bond acceptors (Lipinski definition) is 4. The molecule has 3 heterocycles. The number of rotatable bonds is 3. The van der Waals surface area contributed by atoms with E-state index in [1.807, 2.05) is 52.9 Å². The highest BCUT2D eigenvalue weighted by Gasteiger charge is 2.30. The third-order valence-electron chi connectivity index (χ3n) is 4.30. The van der Waals surface area contributed by atoms with Crippen LogP contribution in [0, 0.1) is 0 Å². The van der Waals surface area contributed by atoms with E-state index in [1.165, 1.54) is 0 Å². The van der Waals surface area contributed by atoms with Gasteiger partial charge in [0.2, 0.25) is 5.91 Å². The molecule has 0 bridgehead atoms. The first-order valence-electron chi connectivity index (χ1n) is 7.99. The van der Waals surface area contributed by atoms with Crippen LogP contribution in [0.5, 0.6) is 0 Å². The Kier molecular flexibility index (Phi) is 3.60. The summed E-state index contributed by atoms with van der Waals surface area (Å²) in [5.41, 5.74) is 0.987. The van der Waals surface area contributed by atoms with Crippen molar-refractivity contribution < 1.29 is 4.79 Å². The fraction of sp³-hybridized carbons (Fsp3) is 0.294. The first kappa shape index (κ1) is 14.6. The quantitative estimate of drug-likeness (QED) is 0.736. The van der Waals surface area contributed by atoms with Crippen molar-refractivity contribution in [2.24, 2.45) is 0 Å². The van der Waals surface area contributed by atoms with E-state index in [9.17, 15) is 4.79 Å². The molecule has 2 aromatic heterocycles. The van der Waals surface area contributed by atoms with Crippen molar-refractivity contribution in [3.63, 3.8) is 0 Å². The molecule has 0 N–H and O–H groups in total. The van der Waals surface area contributed by atoms with Crippen molar-refractivity contribution >= 4 is 5.91 Å². The smallest absolute Gasteiger partial charge is 0.244 e. The van der Waals surface area contributed by atoms with Crippen molar-refractivity contribution in [1.82, 2.24) is 29.4 Å². The van der Waals surface area contributed by atoms with Crippen LogP contribution in [0.2, 0.25) is 0 Å². The van der Waals surface area contributed by atoms with Crippen LogP contribution in [0.15, 0.2) is 48.8 Å². The fourth-order valence-electron chi connectivity index (χ4n) is 3.04. The molecule has 7 heteroatoms. The predicted octanol–water partition coefficient (Wildman–Crippen LogP) is 1.74. The third kappa shape index (κ3) is 2.58. The van der Waals surface area contributed by atoms with Crippen LogP contribution >= 0.6 is 0 Å². The Balaban J connectivity index is 1.57. The molecule has 0 spiro atoms. The second-order valence-corrected chi connectivity index (χ2v) is 5.85. The molecule has 1 aliphatic rings. The summed E-state index contributed by atoms with van der Waals surface area (Å²) in [6, 6.07) is 11.6. The number of nitrogens with zero attached hydrogens (tertiary/aromatic N) is 6. The Bertz CT molecular complexity index is 839. The number of fused-ring (bicyclic) bond motifs is 1. The second kappa shape index (κ2) is 5.92. The summed E-state index contributed by atoms with van der Waals surface area (Å²) in [6.45, 7) is 3.53. The van der Waals surface area contributed by atoms with Crippen molar-refractivity contribution in [3.8, 4) is 11.4 Å². The van der Waals surface area contributed by atoms with Crippen LogP contribution < -0.4 is 0 Å². The molecule has 122 valence electrons. The Hall–Kier alpha value is -2.96. The van der Waals surface area contributed by atoms with E-state index in [2.05, 4.69) is 15.2 Å². The van der Waals surface area contributed by atoms with Gasteiger partial charge in [0.25, 0.3) is 0 Å². The normalized spacial score (nSPS) is 16.9. The zero-order chi connectivity index (χ0) is 16.5. The largest absolute Gasteiger partial charge is 0.329 e. The van der Waals surface area contributed by atoms with Crippen LogP contribution in [0.25, 0.3) is 11.4 Å². The summed E-state index contributed by atoms with van der Waals surface area (Å²) >= 11 is 0. The molecule has 0 saturated heterocycles. The number of benzene rings is 1. The van der Waals surface area contributed by atoms with Gasteiger partial charge in [0.1, 0.15) is 12.4 Å². The summed E-state index contributed by atoms with van der Waals surface area (Å²) in [5, 5.41) is 8.69. The van der Waals surface area contributed by atoms with E-state index in [1.54, 1.807) is 17.1 Å². The minimum absolute atomic E-state index is 0.0433. The number of amides is 1. The summed E-state index contributed by atoms with van der Waals surface area (Å²) in [7, 11) is 0. The zero-order valence-corrected chi connectivity index (χ0v) is 13.4. The van der Waals surface area contributed by atoms with E-state index in [0.29, 0.717) is 18.9 Å². The molecule has 1 amide bonds. The van der Waals surface area contributed by atoms with Gasteiger partial charge >= 0.3 is 0 Å². The maximum Gasteiger partial charge on any atom is 0.244 e. The maximum absolute atomic E-state index is 12.6. The number of aromatic nitrogens is 5. The van der Waals surface area contributed by atoms with Crippen molar-refractivity contribution in [2.45, 2.75) is 26.1 Å². The SMILES string of the molecule is C[C@H]1c2nc(-c3ccccc3)nn2CCN1C(=O)Cn1cccn1. The molecule has 7 nitrogen and oxygen atoms in total. The lowest BCUT2D eigenvalue weighted by Crippen LogP contribution is -2.43. The van der Waals surface area contributed by atoms with Gasteiger partial charge in [-0.2, -0.15) is 10.2 Å². The average molecular weight is 322 g/mol. The van der Waals surface area contributed by atoms with Gasteiger partial charge in [0.15, 0.2) is 5.82 Å². The first-order valence-corrected chi connectivity index (χ1v) is 7.99. The average Bonchev–Trinajstić information content (AvgIpc) is 3.25. The summed E-state index contributed by atoms with van der Waals surface area (Å²) < 4.78 is 3.55. The number of carbonyl (C=O) groups is 1. The number of hydrogen-bond donors (Lipinski definition) is 0. The lowest BCUT2D eigenvalue weighted by Gasteiger charge is -2.32. The lowest BCUT2D eigenvalue weighted by atomic mass is 10.2. The Morgan fingerprint density at radius 3 is 2.79 bits per heavy atom. The molecule has 1 aliphatic heterocycles. The van der Waals surface area contributed by atoms with Gasteiger partial charge in [-0.3, -0.25) is 9.48 Å². The summed E-state index contributed by atoms with van der Waals surface area (Å²) in [5.74, 6) is 1.58. The van der Waals surface area contributed by atoms with Crippen LogP contribution in [0.4, 0.5) is 0 Å². The molecule has 4 rings (SSSR count). The van der Waals surface area contributed by atoms with Crippen molar-refractivity contribution in [3.05, 3.63) is 54.6 Å². The summed E-state index contributed by atoms with van der Waals surface area (Å²) in [6.07, 6.45) is 3.47. The van der Waals surface area contributed by atoms with Gasteiger partial charge in [-0.05, 0) is 13.0 Å². The minimum Gasteiger partial charge on any atom is -0.329 e. The predicted molar refractivity (Wildman–Crippen MR) is 87.8 cm³/mol. The highest BCUT2D eigenvalue weighted by atomic mass is 16.2. The summed E-state index contributed by atoms with van der Waals surface area (Å²) in [4.78, 5) is 19.1. The van der Waals surface area contributed by atoms with Crippen molar-refractivity contribution in [2.75, 3.05) is 6.54 Å². The zero-order valence-electron chi connectivity index (χ0n) is 13.4. The molecule has 0 unspecified atom stereocenters. The van der Waals surface area contributed by atoms with Gasteiger partial charge in [-0.25, -0.2) is 9.67 Å². The molecule has 0 aliphatic carbocycles. The van der Waals surface area contributed by atoms with Crippen LogP contribution in [0.1, 0.15) is 18.8 Å². The molecule has 1 aromatic carbocycles. The van der Waals surface area contributed by atoms with Gasteiger partial charge in [-0.15, -0.1) is 0 Å². The Labute approximate surface area is 139 Å². The molecular weight excluding hydrogens is 304 g/mol. The van der Waals surface area contributed by atoms with E-state index in [-0.39, 0.29) is 18.5 Å². The van der Waals surface area contributed by atoms with Gasteiger partial charge < -0.3 is 4.90 Å². The fourth-order valence-corrected chi connectivity index (χ4v) is 3.04. The molecule has 0 fully saturated rings. The molecule has 3 aromatic rings.